The summed E-state index contributed by atoms with van der Waals surface area (Å²) in [4.78, 5) is 11.8. The predicted octanol–water partition coefficient (Wildman–Crippen LogP) is 7.58. The van der Waals surface area contributed by atoms with Crippen LogP contribution in [0, 0.1) is 5.41 Å². The molecule has 0 aliphatic rings. The third-order valence-electron chi connectivity index (χ3n) is 6.50. The molecule has 0 saturated heterocycles. The monoisotopic (exact) mass is 466 g/mol. The van der Waals surface area contributed by atoms with Gasteiger partial charge in [0.1, 0.15) is 0 Å². The van der Waals surface area contributed by atoms with Crippen LogP contribution in [0.3, 0.4) is 0 Å². The van der Waals surface area contributed by atoms with Crippen molar-refractivity contribution in [2.24, 2.45) is 5.73 Å². The molecule has 33 heavy (non-hydrogen) atoms. The van der Waals surface area contributed by atoms with Gasteiger partial charge in [0, 0.05) is 19.5 Å². The van der Waals surface area contributed by atoms with Gasteiger partial charge < -0.3 is 16.4 Å². The fraction of sp³-hybridized carbons (Fsp3) is 0.929. The Morgan fingerprint density at radius 1 is 0.545 bits per heavy atom. The molecule has 0 radical (unpaired) electrons. The Kier molecular flexibility index (Phi) is 26.0. The van der Waals surface area contributed by atoms with Crippen LogP contribution in [-0.2, 0) is 4.79 Å². The maximum Gasteiger partial charge on any atom is 0.219 e. The maximum atomic E-state index is 11.8. The van der Waals surface area contributed by atoms with Gasteiger partial charge in [-0.25, -0.2) is 0 Å². The van der Waals surface area contributed by atoms with Crippen molar-refractivity contribution in [3.05, 3.63) is 0 Å². The second-order valence-electron chi connectivity index (χ2n) is 9.87. The molecule has 196 valence electrons. The molecule has 5 N–H and O–H groups in total. The van der Waals surface area contributed by atoms with Crippen molar-refractivity contribution in [1.29, 1.82) is 5.41 Å². The molecule has 0 aromatic carbocycles. The Bertz CT molecular complexity index is 428. The highest BCUT2D eigenvalue weighted by atomic mass is 16.1. The summed E-state index contributed by atoms with van der Waals surface area (Å²) < 4.78 is 0. The van der Waals surface area contributed by atoms with E-state index in [9.17, 15) is 4.79 Å². The van der Waals surface area contributed by atoms with Crippen LogP contribution in [0.4, 0.5) is 0 Å². The van der Waals surface area contributed by atoms with Gasteiger partial charge in [-0.3, -0.25) is 10.2 Å². The molecular weight excluding hydrogens is 408 g/mol. The Hall–Kier alpha value is -1.26. The van der Waals surface area contributed by atoms with E-state index in [1.165, 1.54) is 116 Å². The number of amides is 1. The van der Waals surface area contributed by atoms with Crippen molar-refractivity contribution < 1.29 is 4.79 Å². The van der Waals surface area contributed by atoms with E-state index in [1.807, 2.05) is 0 Å². The van der Waals surface area contributed by atoms with Crippen molar-refractivity contribution in [2.45, 2.75) is 155 Å². The lowest BCUT2D eigenvalue weighted by molar-refractivity contribution is -0.121. The van der Waals surface area contributed by atoms with Crippen molar-refractivity contribution in [2.75, 3.05) is 13.1 Å². The van der Waals surface area contributed by atoms with Crippen LogP contribution in [0.2, 0.25) is 0 Å². The average molecular weight is 467 g/mol. The molecule has 0 aliphatic heterocycles. The van der Waals surface area contributed by atoms with E-state index in [-0.39, 0.29) is 11.9 Å². The van der Waals surface area contributed by atoms with Crippen LogP contribution in [-0.4, -0.2) is 25.0 Å². The fourth-order valence-electron chi connectivity index (χ4n) is 4.33. The van der Waals surface area contributed by atoms with E-state index < -0.39 is 0 Å². The first-order valence-electron chi connectivity index (χ1n) is 14.5. The van der Waals surface area contributed by atoms with Crippen molar-refractivity contribution in [3.63, 3.8) is 0 Å². The molecular formula is C28H58N4O. The van der Waals surface area contributed by atoms with Crippen LogP contribution in [0.5, 0.6) is 0 Å². The number of carbonyl (C=O) groups is 1. The predicted molar refractivity (Wildman–Crippen MR) is 145 cm³/mol. The standard InChI is InChI=1S/C28H58N4O/c1-2-3-4-5-6-7-8-9-10-11-12-13-14-15-16-17-18-19-21-24-27(33)31-25-22-20-23-26-32-28(29)30/h2-26H2,1H3,(H,31,33)(H4,29,30,32). The van der Waals surface area contributed by atoms with Gasteiger partial charge in [0.2, 0.25) is 5.91 Å². The number of nitrogens with two attached hydrogens (primary N) is 1. The van der Waals surface area contributed by atoms with Crippen molar-refractivity contribution >= 4 is 11.9 Å². The summed E-state index contributed by atoms with van der Waals surface area (Å²) in [7, 11) is 0. The Labute approximate surface area is 206 Å². The van der Waals surface area contributed by atoms with Gasteiger partial charge in [-0.15, -0.1) is 0 Å². The first-order valence-corrected chi connectivity index (χ1v) is 14.5. The van der Waals surface area contributed by atoms with E-state index in [2.05, 4.69) is 17.6 Å². The molecule has 1 amide bonds. The van der Waals surface area contributed by atoms with Crippen LogP contribution in [0.25, 0.3) is 0 Å². The molecule has 0 unspecified atom stereocenters. The zero-order chi connectivity index (χ0) is 24.2. The highest BCUT2D eigenvalue weighted by molar-refractivity contribution is 5.75. The maximum absolute atomic E-state index is 11.8. The highest BCUT2D eigenvalue weighted by Gasteiger charge is 2.01. The fourth-order valence-corrected chi connectivity index (χ4v) is 4.33. The van der Waals surface area contributed by atoms with Gasteiger partial charge in [0.15, 0.2) is 5.96 Å². The van der Waals surface area contributed by atoms with E-state index in [1.54, 1.807) is 0 Å². The van der Waals surface area contributed by atoms with Gasteiger partial charge in [-0.2, -0.15) is 0 Å². The Balaban J connectivity index is 3.13. The number of carbonyl (C=O) groups excluding carboxylic acids is 1. The first-order chi connectivity index (χ1) is 16.2. The number of nitrogens with one attached hydrogen (secondary N) is 3. The average Bonchev–Trinajstić information content (AvgIpc) is 2.79. The van der Waals surface area contributed by atoms with Gasteiger partial charge in [0.05, 0.1) is 0 Å². The molecule has 0 saturated carbocycles. The van der Waals surface area contributed by atoms with Gasteiger partial charge in [-0.1, -0.05) is 122 Å². The summed E-state index contributed by atoms with van der Waals surface area (Å²) in [5.74, 6) is 0.228. The summed E-state index contributed by atoms with van der Waals surface area (Å²) in [6.45, 7) is 3.79. The molecule has 0 aromatic heterocycles. The summed E-state index contributed by atoms with van der Waals surface area (Å²) in [6, 6.07) is 0. The summed E-state index contributed by atoms with van der Waals surface area (Å²) in [5, 5.41) is 12.9. The normalized spacial score (nSPS) is 10.9. The second-order valence-corrected chi connectivity index (χ2v) is 9.87. The number of hydrogen-bond donors (Lipinski definition) is 4. The van der Waals surface area contributed by atoms with Crippen LogP contribution >= 0.6 is 0 Å². The largest absolute Gasteiger partial charge is 0.370 e. The molecule has 0 atom stereocenters. The van der Waals surface area contributed by atoms with Crippen molar-refractivity contribution in [1.82, 2.24) is 10.6 Å². The summed E-state index contributed by atoms with van der Waals surface area (Å²) in [5.41, 5.74) is 5.23. The lowest BCUT2D eigenvalue weighted by Gasteiger charge is -2.06. The minimum atomic E-state index is 0.0305. The summed E-state index contributed by atoms with van der Waals surface area (Å²) in [6.07, 6.45) is 29.9. The van der Waals surface area contributed by atoms with Crippen molar-refractivity contribution in [3.8, 4) is 0 Å². The third kappa shape index (κ3) is 28.7. The van der Waals surface area contributed by atoms with E-state index >= 15 is 0 Å². The van der Waals surface area contributed by atoms with E-state index in [0.29, 0.717) is 6.42 Å². The lowest BCUT2D eigenvalue weighted by atomic mass is 10.0. The smallest absolute Gasteiger partial charge is 0.219 e. The Morgan fingerprint density at radius 3 is 1.27 bits per heavy atom. The number of hydrogen-bond acceptors (Lipinski definition) is 2. The van der Waals surface area contributed by atoms with Gasteiger partial charge in [0.25, 0.3) is 0 Å². The molecule has 0 rings (SSSR count). The number of rotatable bonds is 26. The van der Waals surface area contributed by atoms with Crippen LogP contribution in [0.1, 0.15) is 155 Å². The van der Waals surface area contributed by atoms with E-state index in [4.69, 9.17) is 11.1 Å². The third-order valence-corrected chi connectivity index (χ3v) is 6.50. The molecule has 5 heteroatoms. The molecule has 0 aliphatic carbocycles. The summed E-state index contributed by atoms with van der Waals surface area (Å²) >= 11 is 0. The second kappa shape index (κ2) is 27.0. The topological polar surface area (TPSA) is 91.0 Å². The first kappa shape index (κ1) is 31.7. The number of unbranched alkanes of at least 4 members (excludes halogenated alkanes) is 20. The molecule has 0 spiro atoms. The van der Waals surface area contributed by atoms with E-state index in [0.717, 1.165) is 38.8 Å². The lowest BCUT2D eigenvalue weighted by Crippen LogP contribution is -2.31. The minimum absolute atomic E-state index is 0.0305. The number of guanidine groups is 1. The zero-order valence-electron chi connectivity index (χ0n) is 22.2. The highest BCUT2D eigenvalue weighted by Crippen LogP contribution is 2.14. The zero-order valence-corrected chi connectivity index (χ0v) is 22.2. The van der Waals surface area contributed by atoms with Gasteiger partial charge in [-0.05, 0) is 25.7 Å². The Morgan fingerprint density at radius 2 is 0.879 bits per heavy atom. The SMILES string of the molecule is CCCCCCCCCCCCCCCCCCCCCC(=O)NCCCCCNC(=N)N. The van der Waals surface area contributed by atoms with Crippen LogP contribution < -0.4 is 16.4 Å². The molecule has 0 heterocycles. The molecule has 0 fully saturated rings. The minimum Gasteiger partial charge on any atom is -0.370 e. The van der Waals surface area contributed by atoms with Crippen LogP contribution in [0.15, 0.2) is 0 Å². The molecule has 5 nitrogen and oxygen atoms in total. The van der Waals surface area contributed by atoms with Gasteiger partial charge >= 0.3 is 0 Å². The molecule has 0 aromatic rings. The quantitative estimate of drug-likeness (QED) is 0.0601. The molecule has 0 bridgehead atoms.